The van der Waals surface area contributed by atoms with Gasteiger partial charge in [-0.15, -0.1) is 0 Å². The van der Waals surface area contributed by atoms with Crippen LogP contribution in [0.5, 0.6) is 0 Å². The van der Waals surface area contributed by atoms with Gasteiger partial charge in [-0.1, -0.05) is 0 Å². The summed E-state index contributed by atoms with van der Waals surface area (Å²) in [5, 5.41) is 8.43. The van der Waals surface area contributed by atoms with Crippen LogP contribution in [0.25, 0.3) is 0 Å². The van der Waals surface area contributed by atoms with Crippen LogP contribution in [0.3, 0.4) is 0 Å². The number of aliphatic carboxylic acids is 1. The van der Waals surface area contributed by atoms with Gasteiger partial charge in [-0.25, -0.2) is 0 Å². The molecule has 4 heteroatoms. The molecule has 1 unspecified atom stereocenters. The van der Waals surface area contributed by atoms with E-state index in [-0.39, 0.29) is 12.5 Å². The summed E-state index contributed by atoms with van der Waals surface area (Å²) in [6.07, 6.45) is 3.53. The number of amides is 1. The highest BCUT2D eigenvalue weighted by atomic mass is 16.4. The molecule has 0 aromatic rings. The molecular formula is C8H13NO3. The molecule has 1 N–H and O–H groups in total. The van der Waals surface area contributed by atoms with Gasteiger partial charge in [-0.3, -0.25) is 9.59 Å². The number of carboxylic acids is 1. The van der Waals surface area contributed by atoms with Crippen molar-refractivity contribution >= 4 is 12.4 Å². The van der Waals surface area contributed by atoms with Gasteiger partial charge in [0.1, 0.15) is 0 Å². The molecule has 1 rings (SSSR count). The number of hydrogen-bond acceptors (Lipinski definition) is 2. The zero-order chi connectivity index (χ0) is 8.97. The molecule has 1 aliphatic heterocycles. The second-order valence-corrected chi connectivity index (χ2v) is 3.07. The van der Waals surface area contributed by atoms with E-state index in [9.17, 15) is 9.59 Å². The lowest BCUT2D eigenvalue weighted by Gasteiger charge is -2.18. The van der Waals surface area contributed by atoms with Gasteiger partial charge in [0, 0.05) is 19.0 Å². The van der Waals surface area contributed by atoms with Crippen LogP contribution in [0.1, 0.15) is 25.7 Å². The van der Waals surface area contributed by atoms with Crippen LogP contribution in [-0.4, -0.2) is 35.0 Å². The predicted octanol–water partition coefficient (Wildman–Crippen LogP) is 0.472. The van der Waals surface area contributed by atoms with Gasteiger partial charge in [-0.05, 0) is 19.3 Å². The summed E-state index contributed by atoms with van der Waals surface area (Å²) in [5.74, 6) is -0.784. The molecule has 1 atom stereocenters. The summed E-state index contributed by atoms with van der Waals surface area (Å²) in [7, 11) is 0. The predicted molar refractivity (Wildman–Crippen MR) is 42.7 cm³/mol. The molecule has 1 amide bonds. The van der Waals surface area contributed by atoms with Crippen molar-refractivity contribution in [3.63, 3.8) is 0 Å². The molecule has 0 aliphatic carbocycles. The maximum Gasteiger partial charge on any atom is 0.303 e. The maximum absolute atomic E-state index is 10.4. The largest absolute Gasteiger partial charge is 0.481 e. The molecule has 0 aromatic heterocycles. The number of carbonyl (C=O) groups is 2. The fourth-order valence-electron chi connectivity index (χ4n) is 1.60. The minimum absolute atomic E-state index is 0.162. The number of rotatable bonds is 4. The molecule has 1 heterocycles. The summed E-state index contributed by atoms with van der Waals surface area (Å²) in [5.41, 5.74) is 0. The van der Waals surface area contributed by atoms with Crippen molar-refractivity contribution in [2.24, 2.45) is 0 Å². The molecule has 1 fully saturated rings. The molecule has 0 saturated carbocycles. The smallest absolute Gasteiger partial charge is 0.303 e. The number of nitrogens with zero attached hydrogens (tertiary/aromatic N) is 1. The van der Waals surface area contributed by atoms with Crippen LogP contribution in [0, 0.1) is 0 Å². The van der Waals surface area contributed by atoms with Gasteiger partial charge < -0.3 is 10.0 Å². The molecule has 0 spiro atoms. The zero-order valence-electron chi connectivity index (χ0n) is 6.90. The molecule has 1 aliphatic rings. The standard InChI is InChI=1S/C8H13NO3/c10-6-9-5-1-2-7(9)3-4-8(11)12/h6-7H,1-5H2,(H,11,12). The van der Waals surface area contributed by atoms with Crippen LogP contribution >= 0.6 is 0 Å². The highest BCUT2D eigenvalue weighted by Gasteiger charge is 2.22. The highest BCUT2D eigenvalue weighted by Crippen LogP contribution is 2.19. The molecular weight excluding hydrogens is 158 g/mol. The zero-order valence-corrected chi connectivity index (χ0v) is 6.90. The van der Waals surface area contributed by atoms with Crippen molar-refractivity contribution in [1.29, 1.82) is 0 Å². The lowest BCUT2D eigenvalue weighted by molar-refractivity contribution is -0.137. The van der Waals surface area contributed by atoms with Gasteiger partial charge in [0.25, 0.3) is 0 Å². The van der Waals surface area contributed by atoms with Crippen LogP contribution < -0.4 is 0 Å². The van der Waals surface area contributed by atoms with E-state index < -0.39 is 5.97 Å². The SMILES string of the molecule is O=CN1CCCC1CCC(=O)O. The Labute approximate surface area is 71.2 Å². The van der Waals surface area contributed by atoms with Crippen molar-refractivity contribution in [3.8, 4) is 0 Å². The highest BCUT2D eigenvalue weighted by molar-refractivity contribution is 5.66. The molecule has 0 bridgehead atoms. The van der Waals surface area contributed by atoms with Crippen LogP contribution in [0.4, 0.5) is 0 Å². The van der Waals surface area contributed by atoms with Crippen molar-refractivity contribution in [1.82, 2.24) is 4.90 Å². The summed E-state index contributed by atoms with van der Waals surface area (Å²) in [6, 6.07) is 0.165. The van der Waals surface area contributed by atoms with Gasteiger partial charge in [-0.2, -0.15) is 0 Å². The topological polar surface area (TPSA) is 57.6 Å². The third kappa shape index (κ3) is 2.22. The Balaban J connectivity index is 2.30. The van der Waals surface area contributed by atoms with Crippen LogP contribution in [-0.2, 0) is 9.59 Å². The van der Waals surface area contributed by atoms with Gasteiger partial charge in [0.15, 0.2) is 0 Å². The van der Waals surface area contributed by atoms with Crippen molar-refractivity contribution in [2.75, 3.05) is 6.54 Å². The maximum atomic E-state index is 10.4. The van der Waals surface area contributed by atoms with Crippen molar-refractivity contribution in [3.05, 3.63) is 0 Å². The Kier molecular flexibility index (Phi) is 3.08. The van der Waals surface area contributed by atoms with E-state index in [0.717, 1.165) is 25.8 Å². The number of hydrogen-bond donors (Lipinski definition) is 1. The molecule has 4 nitrogen and oxygen atoms in total. The third-order valence-corrected chi connectivity index (χ3v) is 2.25. The number of carboxylic acid groups (broad SMARTS) is 1. The van der Waals surface area contributed by atoms with Gasteiger partial charge in [0.05, 0.1) is 0 Å². The summed E-state index contributed by atoms with van der Waals surface area (Å²) in [6.45, 7) is 0.786. The molecule has 68 valence electrons. The lowest BCUT2D eigenvalue weighted by atomic mass is 10.1. The van der Waals surface area contributed by atoms with E-state index in [1.165, 1.54) is 0 Å². The Hall–Kier alpha value is -1.06. The second kappa shape index (κ2) is 4.09. The molecule has 0 aromatic carbocycles. The first kappa shape index (κ1) is 9.03. The summed E-state index contributed by atoms with van der Waals surface area (Å²) in [4.78, 5) is 22.4. The van der Waals surface area contributed by atoms with E-state index in [0.29, 0.717) is 6.42 Å². The minimum Gasteiger partial charge on any atom is -0.481 e. The number of likely N-dealkylation sites (tertiary alicyclic amines) is 1. The van der Waals surface area contributed by atoms with E-state index >= 15 is 0 Å². The lowest BCUT2D eigenvalue weighted by Crippen LogP contribution is -2.28. The van der Waals surface area contributed by atoms with Crippen molar-refractivity contribution in [2.45, 2.75) is 31.7 Å². The quantitative estimate of drug-likeness (QED) is 0.625. The minimum atomic E-state index is -0.784. The molecule has 1 saturated heterocycles. The summed E-state index contributed by atoms with van der Waals surface area (Å²) >= 11 is 0. The third-order valence-electron chi connectivity index (χ3n) is 2.25. The van der Waals surface area contributed by atoms with Gasteiger partial charge in [0.2, 0.25) is 6.41 Å². The second-order valence-electron chi connectivity index (χ2n) is 3.07. The van der Waals surface area contributed by atoms with E-state index in [1.807, 2.05) is 0 Å². The average Bonchev–Trinajstić information content (AvgIpc) is 2.47. The van der Waals surface area contributed by atoms with E-state index in [1.54, 1.807) is 4.90 Å². The Morgan fingerprint density at radius 3 is 3.00 bits per heavy atom. The van der Waals surface area contributed by atoms with Crippen molar-refractivity contribution < 1.29 is 14.7 Å². The van der Waals surface area contributed by atoms with E-state index in [4.69, 9.17) is 5.11 Å². The molecule has 0 radical (unpaired) electrons. The fourth-order valence-corrected chi connectivity index (χ4v) is 1.60. The number of carbonyl (C=O) groups excluding carboxylic acids is 1. The van der Waals surface area contributed by atoms with Crippen LogP contribution in [0.15, 0.2) is 0 Å². The van der Waals surface area contributed by atoms with E-state index in [2.05, 4.69) is 0 Å². The monoisotopic (exact) mass is 171 g/mol. The van der Waals surface area contributed by atoms with Gasteiger partial charge >= 0.3 is 5.97 Å². The first-order valence-electron chi connectivity index (χ1n) is 4.17. The Morgan fingerprint density at radius 1 is 1.67 bits per heavy atom. The first-order valence-corrected chi connectivity index (χ1v) is 4.17. The Morgan fingerprint density at radius 2 is 2.42 bits per heavy atom. The normalized spacial score (nSPS) is 22.7. The van der Waals surface area contributed by atoms with Crippen LogP contribution in [0.2, 0.25) is 0 Å². The first-order chi connectivity index (χ1) is 5.74. The Bertz CT molecular complexity index is 181. The average molecular weight is 171 g/mol. The molecule has 12 heavy (non-hydrogen) atoms. The summed E-state index contributed by atoms with van der Waals surface area (Å²) < 4.78 is 0. The fraction of sp³-hybridized carbons (Fsp3) is 0.750.